The number of anilines is 1. The molecule has 0 fully saturated rings. The van der Waals surface area contributed by atoms with Gasteiger partial charge in [0.15, 0.2) is 5.82 Å². The van der Waals surface area contributed by atoms with Crippen molar-refractivity contribution >= 4 is 11.7 Å². The lowest BCUT2D eigenvalue weighted by atomic mass is 10.1. The lowest BCUT2D eigenvalue weighted by Crippen LogP contribution is -2.06. The second kappa shape index (κ2) is 3.29. The summed E-state index contributed by atoms with van der Waals surface area (Å²) < 4.78 is 18.1. The number of halogens is 1. The first-order valence-corrected chi connectivity index (χ1v) is 4.37. The van der Waals surface area contributed by atoms with E-state index in [0.29, 0.717) is 5.69 Å². The zero-order chi connectivity index (χ0) is 10.1. The van der Waals surface area contributed by atoms with E-state index in [2.05, 4.69) is 10.1 Å². The van der Waals surface area contributed by atoms with Gasteiger partial charge in [0.1, 0.15) is 0 Å². The standard InChI is InChI=1S/C10H10FNO2/c1-14-10(13)7-3-2-6-4-5-12-9(6)8(7)11/h2-3,12H,4-5H2,1H3. The highest BCUT2D eigenvalue weighted by molar-refractivity contribution is 5.91. The number of esters is 1. The number of methoxy groups -OCH3 is 1. The molecule has 3 nitrogen and oxygen atoms in total. The van der Waals surface area contributed by atoms with E-state index in [1.807, 2.05) is 0 Å². The number of ether oxygens (including phenoxy) is 1. The van der Waals surface area contributed by atoms with Crippen molar-refractivity contribution < 1.29 is 13.9 Å². The molecule has 1 aromatic rings. The van der Waals surface area contributed by atoms with Crippen molar-refractivity contribution in [3.05, 3.63) is 29.1 Å². The van der Waals surface area contributed by atoms with Crippen LogP contribution in [0.1, 0.15) is 15.9 Å². The Morgan fingerprint density at radius 2 is 2.36 bits per heavy atom. The van der Waals surface area contributed by atoms with Gasteiger partial charge in [-0.05, 0) is 18.1 Å². The fraction of sp³-hybridized carbons (Fsp3) is 0.300. The third kappa shape index (κ3) is 1.23. The van der Waals surface area contributed by atoms with E-state index in [-0.39, 0.29) is 5.56 Å². The van der Waals surface area contributed by atoms with Gasteiger partial charge in [0.2, 0.25) is 0 Å². The Labute approximate surface area is 80.9 Å². The fourth-order valence-electron chi connectivity index (χ4n) is 1.61. The third-order valence-corrected chi connectivity index (χ3v) is 2.33. The Bertz CT molecular complexity index is 390. The number of carbonyl (C=O) groups excluding carboxylic acids is 1. The van der Waals surface area contributed by atoms with Crippen LogP contribution in [0.15, 0.2) is 12.1 Å². The minimum Gasteiger partial charge on any atom is -0.465 e. The zero-order valence-corrected chi connectivity index (χ0v) is 7.76. The number of benzene rings is 1. The van der Waals surface area contributed by atoms with Crippen LogP contribution in [0.2, 0.25) is 0 Å². The molecule has 74 valence electrons. The van der Waals surface area contributed by atoms with E-state index in [1.54, 1.807) is 6.07 Å². The molecule has 4 heteroatoms. The van der Waals surface area contributed by atoms with Crippen LogP contribution >= 0.6 is 0 Å². The molecule has 1 aromatic carbocycles. The summed E-state index contributed by atoms with van der Waals surface area (Å²) in [5.41, 5.74) is 1.34. The number of hydrogen-bond donors (Lipinski definition) is 1. The summed E-state index contributed by atoms with van der Waals surface area (Å²) in [5.74, 6) is -1.15. The van der Waals surface area contributed by atoms with Crippen LogP contribution in [0.25, 0.3) is 0 Å². The van der Waals surface area contributed by atoms with Gasteiger partial charge in [0.05, 0.1) is 18.4 Å². The molecule has 1 N–H and O–H groups in total. The molecule has 0 unspecified atom stereocenters. The van der Waals surface area contributed by atoms with Gasteiger partial charge >= 0.3 is 5.97 Å². The maximum atomic E-state index is 13.6. The largest absolute Gasteiger partial charge is 0.465 e. The van der Waals surface area contributed by atoms with Crippen LogP contribution in [0.5, 0.6) is 0 Å². The number of carbonyl (C=O) groups is 1. The molecule has 0 radical (unpaired) electrons. The van der Waals surface area contributed by atoms with E-state index in [0.717, 1.165) is 18.5 Å². The molecule has 0 amide bonds. The number of nitrogens with one attached hydrogen (secondary N) is 1. The summed E-state index contributed by atoms with van der Waals surface area (Å²) in [6.45, 7) is 0.719. The van der Waals surface area contributed by atoms with Gasteiger partial charge in [-0.1, -0.05) is 6.07 Å². The summed E-state index contributed by atoms with van der Waals surface area (Å²) in [4.78, 5) is 11.1. The van der Waals surface area contributed by atoms with Gasteiger partial charge in [-0.15, -0.1) is 0 Å². The Kier molecular flexibility index (Phi) is 2.11. The molecule has 0 aliphatic carbocycles. The average Bonchev–Trinajstić information content (AvgIpc) is 2.66. The fourth-order valence-corrected chi connectivity index (χ4v) is 1.61. The van der Waals surface area contributed by atoms with Crippen molar-refractivity contribution in [2.24, 2.45) is 0 Å². The van der Waals surface area contributed by atoms with Crippen molar-refractivity contribution in [3.8, 4) is 0 Å². The molecule has 0 saturated carbocycles. The summed E-state index contributed by atoms with van der Waals surface area (Å²) in [7, 11) is 1.24. The lowest BCUT2D eigenvalue weighted by Gasteiger charge is -2.05. The molecule has 1 aliphatic rings. The van der Waals surface area contributed by atoms with Crippen molar-refractivity contribution in [1.29, 1.82) is 0 Å². The van der Waals surface area contributed by atoms with E-state index >= 15 is 0 Å². The molecule has 0 atom stereocenters. The van der Waals surface area contributed by atoms with Crippen molar-refractivity contribution in [3.63, 3.8) is 0 Å². The van der Waals surface area contributed by atoms with Crippen molar-refractivity contribution in [1.82, 2.24) is 0 Å². The molecule has 1 aliphatic heterocycles. The van der Waals surface area contributed by atoms with Gasteiger partial charge in [-0.2, -0.15) is 0 Å². The highest BCUT2D eigenvalue weighted by atomic mass is 19.1. The van der Waals surface area contributed by atoms with Gasteiger partial charge in [0, 0.05) is 6.54 Å². The number of rotatable bonds is 1. The van der Waals surface area contributed by atoms with Crippen molar-refractivity contribution in [2.45, 2.75) is 6.42 Å². The highest BCUT2D eigenvalue weighted by Crippen LogP contribution is 2.27. The van der Waals surface area contributed by atoms with Gasteiger partial charge in [0.25, 0.3) is 0 Å². The van der Waals surface area contributed by atoms with Gasteiger partial charge in [-0.25, -0.2) is 9.18 Å². The maximum absolute atomic E-state index is 13.6. The summed E-state index contributed by atoms with van der Waals surface area (Å²) in [6.07, 6.45) is 0.799. The second-order valence-electron chi connectivity index (χ2n) is 3.13. The first kappa shape index (κ1) is 8.99. The summed E-state index contributed by atoms with van der Waals surface area (Å²) in [6, 6.07) is 3.22. The van der Waals surface area contributed by atoms with Gasteiger partial charge in [-0.3, -0.25) is 0 Å². The van der Waals surface area contributed by atoms with Gasteiger partial charge < -0.3 is 10.1 Å². The molecular formula is C10H10FNO2. The molecular weight excluding hydrogens is 185 g/mol. The zero-order valence-electron chi connectivity index (χ0n) is 7.76. The maximum Gasteiger partial charge on any atom is 0.340 e. The van der Waals surface area contributed by atoms with E-state index < -0.39 is 11.8 Å². The quantitative estimate of drug-likeness (QED) is 0.691. The first-order chi connectivity index (χ1) is 6.74. The average molecular weight is 195 g/mol. The Hall–Kier alpha value is -1.58. The predicted octanol–water partition coefficient (Wildman–Crippen LogP) is 1.58. The Morgan fingerprint density at radius 1 is 1.57 bits per heavy atom. The molecule has 0 saturated heterocycles. The van der Waals surface area contributed by atoms with Crippen LogP contribution in [-0.4, -0.2) is 19.6 Å². The minimum atomic E-state index is -0.640. The highest BCUT2D eigenvalue weighted by Gasteiger charge is 2.21. The lowest BCUT2D eigenvalue weighted by molar-refractivity contribution is 0.0595. The van der Waals surface area contributed by atoms with E-state index in [4.69, 9.17) is 0 Å². The van der Waals surface area contributed by atoms with Crippen LogP contribution in [0.3, 0.4) is 0 Å². The smallest absolute Gasteiger partial charge is 0.340 e. The molecule has 14 heavy (non-hydrogen) atoms. The first-order valence-electron chi connectivity index (χ1n) is 4.37. The minimum absolute atomic E-state index is 0.0133. The normalized spacial score (nSPS) is 13.3. The monoisotopic (exact) mass is 195 g/mol. The van der Waals surface area contributed by atoms with E-state index in [1.165, 1.54) is 13.2 Å². The van der Waals surface area contributed by atoms with Crippen molar-refractivity contribution in [2.75, 3.05) is 19.0 Å². The molecule has 1 heterocycles. The molecule has 2 rings (SSSR count). The molecule has 0 aromatic heterocycles. The summed E-state index contributed by atoms with van der Waals surface area (Å²) in [5, 5.41) is 2.90. The second-order valence-corrected chi connectivity index (χ2v) is 3.13. The topological polar surface area (TPSA) is 38.3 Å². The van der Waals surface area contributed by atoms with Crippen LogP contribution < -0.4 is 5.32 Å². The Morgan fingerprint density at radius 3 is 3.07 bits per heavy atom. The molecule has 0 bridgehead atoms. The SMILES string of the molecule is COC(=O)c1ccc2c(c1F)NCC2. The van der Waals surface area contributed by atoms with Crippen LogP contribution in [0, 0.1) is 5.82 Å². The number of hydrogen-bond acceptors (Lipinski definition) is 3. The predicted molar refractivity (Wildman–Crippen MR) is 49.9 cm³/mol. The van der Waals surface area contributed by atoms with Crippen LogP contribution in [0.4, 0.5) is 10.1 Å². The third-order valence-electron chi connectivity index (χ3n) is 2.33. The Balaban J connectivity index is 2.50. The van der Waals surface area contributed by atoms with E-state index in [9.17, 15) is 9.18 Å². The van der Waals surface area contributed by atoms with Crippen LogP contribution in [-0.2, 0) is 11.2 Å². The molecule has 0 spiro atoms. The number of fused-ring (bicyclic) bond motifs is 1. The summed E-state index contributed by atoms with van der Waals surface area (Å²) >= 11 is 0.